The van der Waals surface area contributed by atoms with Crippen LogP contribution in [0, 0.1) is 0 Å². The van der Waals surface area contributed by atoms with E-state index in [2.05, 4.69) is 0 Å². The van der Waals surface area contributed by atoms with Crippen molar-refractivity contribution in [2.24, 2.45) is 0 Å². The standard InChI is InChI=1S/C4H6FOS/c5-4(1-2-4)3-7-6/h1-3H2/q+1. The minimum Gasteiger partial charge on any atom is -0.238 e. The third-order valence-electron chi connectivity index (χ3n) is 1.11. The molecule has 0 aliphatic heterocycles. The Hall–Kier alpha value is -0.0500. The lowest BCUT2D eigenvalue weighted by Gasteiger charge is -1.81. The summed E-state index contributed by atoms with van der Waals surface area (Å²) < 4.78 is 21.9. The zero-order valence-corrected chi connectivity index (χ0v) is 4.63. The lowest BCUT2D eigenvalue weighted by Crippen LogP contribution is -2.03. The molecular weight excluding hydrogens is 115 g/mol. The smallest absolute Gasteiger partial charge is 0.238 e. The lowest BCUT2D eigenvalue weighted by molar-refractivity contribution is 0.344. The summed E-state index contributed by atoms with van der Waals surface area (Å²) >= 11 is 0.346. The Kier molecular flexibility index (Phi) is 1.07. The van der Waals surface area contributed by atoms with Crippen molar-refractivity contribution in [3.05, 3.63) is 0 Å². The molecule has 0 bridgehead atoms. The monoisotopic (exact) mass is 121 g/mol. The molecule has 0 aromatic carbocycles. The van der Waals surface area contributed by atoms with Gasteiger partial charge in [-0.25, -0.2) is 4.39 Å². The summed E-state index contributed by atoms with van der Waals surface area (Å²) in [6.07, 6.45) is 1.20. The first-order valence-corrected chi connectivity index (χ1v) is 3.12. The molecule has 0 atom stereocenters. The molecule has 7 heavy (non-hydrogen) atoms. The average Bonchev–Trinajstić information content (AvgIpc) is 2.22. The first-order chi connectivity index (χ1) is 3.27. The van der Waals surface area contributed by atoms with E-state index in [4.69, 9.17) is 0 Å². The fraction of sp³-hybridized carbons (Fsp3) is 1.00. The van der Waals surface area contributed by atoms with Crippen LogP contribution in [0.25, 0.3) is 0 Å². The fourth-order valence-corrected chi connectivity index (χ4v) is 0.885. The maximum atomic E-state index is 12.3. The van der Waals surface area contributed by atoms with Crippen LogP contribution < -0.4 is 0 Å². The van der Waals surface area contributed by atoms with Crippen molar-refractivity contribution in [3.63, 3.8) is 0 Å². The molecule has 0 aromatic rings. The summed E-state index contributed by atoms with van der Waals surface area (Å²) in [4.78, 5) is 0. The summed E-state index contributed by atoms with van der Waals surface area (Å²) in [5.41, 5.74) is -1.05. The van der Waals surface area contributed by atoms with E-state index in [-0.39, 0.29) is 5.75 Å². The Morgan fingerprint density at radius 1 is 1.71 bits per heavy atom. The average molecular weight is 121 g/mol. The Morgan fingerprint density at radius 2 is 2.29 bits per heavy atom. The van der Waals surface area contributed by atoms with Gasteiger partial charge in [0, 0.05) is 4.21 Å². The highest BCUT2D eigenvalue weighted by Gasteiger charge is 2.48. The van der Waals surface area contributed by atoms with E-state index in [1.807, 2.05) is 0 Å². The molecule has 1 saturated carbocycles. The molecule has 0 aromatic heterocycles. The van der Waals surface area contributed by atoms with Crippen molar-refractivity contribution in [2.75, 3.05) is 5.75 Å². The quantitative estimate of drug-likeness (QED) is 0.496. The second-order valence-electron chi connectivity index (χ2n) is 1.91. The minimum atomic E-state index is -1.05. The van der Waals surface area contributed by atoms with Crippen molar-refractivity contribution >= 4 is 11.7 Å². The molecule has 1 aliphatic rings. The fourth-order valence-electron chi connectivity index (χ4n) is 0.386. The van der Waals surface area contributed by atoms with Gasteiger partial charge >= 0.3 is 11.7 Å². The van der Waals surface area contributed by atoms with Crippen LogP contribution in [0.5, 0.6) is 0 Å². The molecule has 0 N–H and O–H groups in total. The van der Waals surface area contributed by atoms with Gasteiger partial charge in [-0.3, -0.25) is 0 Å². The summed E-state index contributed by atoms with van der Waals surface area (Å²) in [6.45, 7) is 0. The van der Waals surface area contributed by atoms with E-state index < -0.39 is 5.67 Å². The molecule has 0 radical (unpaired) electrons. The number of alkyl halides is 1. The van der Waals surface area contributed by atoms with E-state index in [0.29, 0.717) is 24.5 Å². The van der Waals surface area contributed by atoms with Crippen molar-refractivity contribution in [3.8, 4) is 0 Å². The predicted octanol–water partition coefficient (Wildman–Crippen LogP) is 0.917. The van der Waals surface area contributed by atoms with Gasteiger partial charge in [-0.15, -0.1) is 0 Å². The molecular formula is C4H6FOS+. The van der Waals surface area contributed by atoms with Crippen molar-refractivity contribution in [1.29, 1.82) is 0 Å². The molecule has 1 rings (SSSR count). The molecule has 0 amide bonds. The maximum Gasteiger partial charge on any atom is 0.462 e. The zero-order valence-electron chi connectivity index (χ0n) is 3.82. The van der Waals surface area contributed by atoms with Gasteiger partial charge in [-0.1, -0.05) is 0 Å². The highest BCUT2D eigenvalue weighted by molar-refractivity contribution is 7.65. The van der Waals surface area contributed by atoms with E-state index in [1.54, 1.807) is 0 Å². The van der Waals surface area contributed by atoms with Crippen molar-refractivity contribution < 1.29 is 8.60 Å². The number of rotatable bonds is 2. The van der Waals surface area contributed by atoms with Gasteiger partial charge in [0.1, 0.15) is 0 Å². The van der Waals surface area contributed by atoms with E-state index in [0.717, 1.165) is 0 Å². The molecule has 1 fully saturated rings. The molecule has 1 aliphatic carbocycles. The highest BCUT2D eigenvalue weighted by atomic mass is 32.1. The third kappa shape index (κ3) is 1.16. The summed E-state index contributed by atoms with van der Waals surface area (Å²) in [6, 6.07) is 0. The Balaban J connectivity index is 2.25. The number of hydrogen-bond donors (Lipinski definition) is 0. The van der Waals surface area contributed by atoms with Crippen molar-refractivity contribution in [1.82, 2.24) is 0 Å². The number of halogens is 1. The van der Waals surface area contributed by atoms with Crippen LogP contribution in [0.4, 0.5) is 4.39 Å². The van der Waals surface area contributed by atoms with Gasteiger partial charge in [0.15, 0.2) is 5.67 Å². The van der Waals surface area contributed by atoms with Gasteiger partial charge in [-0.2, -0.15) is 0 Å². The Bertz CT molecular complexity index is 89.7. The highest BCUT2D eigenvalue weighted by Crippen LogP contribution is 2.39. The summed E-state index contributed by atoms with van der Waals surface area (Å²) in [5.74, 6) is 0.146. The lowest BCUT2D eigenvalue weighted by atomic mass is 10.5. The summed E-state index contributed by atoms with van der Waals surface area (Å²) in [7, 11) is 0. The Labute approximate surface area is 45.4 Å². The van der Waals surface area contributed by atoms with Crippen molar-refractivity contribution in [2.45, 2.75) is 18.5 Å². The van der Waals surface area contributed by atoms with E-state index in [9.17, 15) is 8.60 Å². The van der Waals surface area contributed by atoms with Gasteiger partial charge in [0.05, 0.1) is 0 Å². The maximum absolute atomic E-state index is 12.3. The topological polar surface area (TPSA) is 17.1 Å². The predicted molar refractivity (Wildman–Crippen MR) is 26.0 cm³/mol. The van der Waals surface area contributed by atoms with E-state index in [1.165, 1.54) is 0 Å². The van der Waals surface area contributed by atoms with Crippen LogP contribution in [-0.2, 0) is 15.9 Å². The SMILES string of the molecule is O=[S+]CC1(F)CC1. The van der Waals surface area contributed by atoms with Crippen LogP contribution in [0.1, 0.15) is 12.8 Å². The third-order valence-corrected chi connectivity index (χ3v) is 1.75. The van der Waals surface area contributed by atoms with Gasteiger partial charge < -0.3 is 0 Å². The zero-order chi connectivity index (χ0) is 5.33. The molecule has 0 heterocycles. The molecule has 0 unspecified atom stereocenters. The first kappa shape index (κ1) is 5.09. The number of hydrogen-bond acceptors (Lipinski definition) is 1. The second kappa shape index (κ2) is 1.47. The van der Waals surface area contributed by atoms with Crippen LogP contribution in [0.15, 0.2) is 0 Å². The minimum absolute atomic E-state index is 0.146. The van der Waals surface area contributed by atoms with E-state index >= 15 is 0 Å². The van der Waals surface area contributed by atoms with Gasteiger partial charge in [0.2, 0.25) is 0 Å². The largest absolute Gasteiger partial charge is 0.462 e. The first-order valence-electron chi connectivity index (χ1n) is 2.20. The summed E-state index contributed by atoms with van der Waals surface area (Å²) in [5, 5.41) is 0. The molecule has 1 nitrogen and oxygen atoms in total. The molecule has 0 spiro atoms. The second-order valence-corrected chi connectivity index (χ2v) is 2.44. The normalized spacial score (nSPS) is 24.1. The molecule has 40 valence electrons. The molecule has 0 saturated heterocycles. The Morgan fingerprint density at radius 3 is 2.43 bits per heavy atom. The van der Waals surface area contributed by atoms with Crippen LogP contribution in [0.3, 0.4) is 0 Å². The van der Waals surface area contributed by atoms with Gasteiger partial charge in [-0.05, 0) is 12.8 Å². The van der Waals surface area contributed by atoms with Crippen LogP contribution in [0.2, 0.25) is 0 Å². The van der Waals surface area contributed by atoms with Gasteiger partial charge in [0.25, 0.3) is 5.75 Å². The van der Waals surface area contributed by atoms with Crippen LogP contribution in [-0.4, -0.2) is 11.4 Å². The molecule has 3 heteroatoms. The van der Waals surface area contributed by atoms with Crippen LogP contribution >= 0.6 is 0 Å².